The molecule has 0 radical (unpaired) electrons. The second-order valence-electron chi connectivity index (χ2n) is 7.00. The van der Waals surface area contributed by atoms with Crippen LogP contribution in [-0.4, -0.2) is 48.1 Å². The van der Waals surface area contributed by atoms with Crippen LogP contribution >= 0.6 is 11.3 Å². The summed E-state index contributed by atoms with van der Waals surface area (Å²) in [6, 6.07) is 7.27. The largest absolute Gasteiger partial charge is 0.467 e. The summed E-state index contributed by atoms with van der Waals surface area (Å²) >= 11 is 1.70. The van der Waals surface area contributed by atoms with Crippen LogP contribution in [-0.2, 0) is 9.53 Å². The van der Waals surface area contributed by atoms with Crippen LogP contribution in [0, 0.1) is 5.92 Å². The molecule has 1 aliphatic rings. The maximum Gasteiger partial charge on any atom is 0.328 e. The maximum atomic E-state index is 12.7. The Hall–Kier alpha value is -2.15. The third kappa shape index (κ3) is 3.98. The Labute approximate surface area is 157 Å². The molecule has 1 fully saturated rings. The van der Waals surface area contributed by atoms with Crippen molar-refractivity contribution in [2.45, 2.75) is 38.6 Å². The second-order valence-corrected chi connectivity index (χ2v) is 8.06. The molecule has 1 N–H and O–H groups in total. The highest BCUT2D eigenvalue weighted by molar-refractivity contribution is 7.18. The van der Waals surface area contributed by atoms with Gasteiger partial charge in [-0.05, 0) is 30.9 Å². The highest BCUT2D eigenvalue weighted by Crippen LogP contribution is 2.32. The number of nitrogens with zero attached hydrogens (tertiary/aromatic N) is 2. The molecule has 1 saturated heterocycles. The van der Waals surface area contributed by atoms with E-state index in [-0.39, 0.29) is 17.9 Å². The van der Waals surface area contributed by atoms with Gasteiger partial charge in [0.25, 0.3) is 0 Å². The molecule has 2 aromatic rings. The lowest BCUT2D eigenvalue weighted by Gasteiger charge is -2.33. The molecule has 6 nitrogen and oxygen atoms in total. The third-order valence-electron chi connectivity index (χ3n) is 4.77. The molecule has 1 aromatic heterocycles. The smallest absolute Gasteiger partial charge is 0.328 e. The van der Waals surface area contributed by atoms with Gasteiger partial charge in [0, 0.05) is 19.0 Å². The number of carbonyl (C=O) groups excluding carboxylic acids is 2. The molecule has 26 heavy (non-hydrogen) atoms. The zero-order chi connectivity index (χ0) is 18.7. The van der Waals surface area contributed by atoms with Gasteiger partial charge >= 0.3 is 12.0 Å². The van der Waals surface area contributed by atoms with E-state index in [1.807, 2.05) is 32.0 Å². The molecule has 3 rings (SSSR count). The van der Waals surface area contributed by atoms with Gasteiger partial charge < -0.3 is 15.0 Å². The van der Waals surface area contributed by atoms with Crippen LogP contribution in [0.5, 0.6) is 0 Å². The maximum absolute atomic E-state index is 12.7. The Morgan fingerprint density at radius 1 is 1.35 bits per heavy atom. The van der Waals surface area contributed by atoms with Crippen molar-refractivity contribution in [3.8, 4) is 0 Å². The molecule has 1 aliphatic heterocycles. The Balaban J connectivity index is 1.69. The Bertz CT molecular complexity index is 756. The van der Waals surface area contributed by atoms with E-state index in [0.29, 0.717) is 13.1 Å². The summed E-state index contributed by atoms with van der Waals surface area (Å²) in [5.41, 5.74) is 1.01. The van der Waals surface area contributed by atoms with Crippen LogP contribution < -0.4 is 5.32 Å². The normalized spacial score (nSPS) is 18.8. The standard InChI is InChI=1S/C19H25N3O3S/c1-12(2)16(18(23)25-3)21-19(24)22-10-6-7-13(11-22)17-20-14-8-4-5-9-15(14)26-17/h4-5,8-9,12-13,16H,6-7,10-11H2,1-3H3,(H,21,24)/t13-,16+/m1/s1. The summed E-state index contributed by atoms with van der Waals surface area (Å²) < 4.78 is 5.98. The number of carbonyl (C=O) groups is 2. The topological polar surface area (TPSA) is 71.5 Å². The first-order chi connectivity index (χ1) is 12.5. The summed E-state index contributed by atoms with van der Waals surface area (Å²) in [5, 5.41) is 3.91. The highest BCUT2D eigenvalue weighted by Gasteiger charge is 2.31. The lowest BCUT2D eigenvalue weighted by molar-refractivity contribution is -0.144. The van der Waals surface area contributed by atoms with E-state index in [1.165, 1.54) is 11.8 Å². The quantitative estimate of drug-likeness (QED) is 0.832. The van der Waals surface area contributed by atoms with Crippen LogP contribution in [0.4, 0.5) is 4.79 Å². The molecule has 7 heteroatoms. The molecule has 2 amide bonds. The predicted molar refractivity (Wildman–Crippen MR) is 102 cm³/mol. The number of hydrogen-bond donors (Lipinski definition) is 1. The third-order valence-corrected chi connectivity index (χ3v) is 5.97. The number of urea groups is 1. The van der Waals surface area contributed by atoms with Gasteiger partial charge in [0.15, 0.2) is 0 Å². The van der Waals surface area contributed by atoms with Crippen molar-refractivity contribution in [3.63, 3.8) is 0 Å². The van der Waals surface area contributed by atoms with Crippen LogP contribution in [0.25, 0.3) is 10.2 Å². The average Bonchev–Trinajstić information content (AvgIpc) is 3.09. The number of aromatic nitrogens is 1. The summed E-state index contributed by atoms with van der Waals surface area (Å²) in [7, 11) is 1.34. The van der Waals surface area contributed by atoms with Crippen LogP contribution in [0.2, 0.25) is 0 Å². The zero-order valence-corrected chi connectivity index (χ0v) is 16.2. The summed E-state index contributed by atoms with van der Waals surface area (Å²) in [6.45, 7) is 5.10. The van der Waals surface area contributed by atoms with E-state index in [2.05, 4.69) is 11.4 Å². The number of nitrogens with one attached hydrogen (secondary N) is 1. The SMILES string of the molecule is COC(=O)[C@@H](NC(=O)N1CCC[C@@H](c2nc3ccccc3s2)C1)C(C)C. The number of piperidine rings is 1. The lowest BCUT2D eigenvalue weighted by Crippen LogP contribution is -2.52. The minimum atomic E-state index is -0.629. The predicted octanol–water partition coefficient (Wildman–Crippen LogP) is 3.38. The minimum absolute atomic E-state index is 0.0313. The number of likely N-dealkylation sites (tertiary alicyclic amines) is 1. The van der Waals surface area contributed by atoms with Crippen molar-refractivity contribution in [3.05, 3.63) is 29.3 Å². The van der Waals surface area contributed by atoms with E-state index >= 15 is 0 Å². The van der Waals surface area contributed by atoms with Gasteiger partial charge in [-0.1, -0.05) is 26.0 Å². The fourth-order valence-electron chi connectivity index (χ4n) is 3.28. The van der Waals surface area contributed by atoms with Gasteiger partial charge in [-0.15, -0.1) is 11.3 Å². The number of rotatable bonds is 4. The highest BCUT2D eigenvalue weighted by atomic mass is 32.1. The first kappa shape index (κ1) is 18.6. The van der Waals surface area contributed by atoms with Gasteiger partial charge in [0.1, 0.15) is 6.04 Å². The fourth-order valence-corrected chi connectivity index (χ4v) is 4.37. The van der Waals surface area contributed by atoms with Crippen molar-refractivity contribution < 1.29 is 14.3 Å². The van der Waals surface area contributed by atoms with Crippen LogP contribution in [0.15, 0.2) is 24.3 Å². The summed E-state index contributed by atoms with van der Waals surface area (Å²) in [6.07, 6.45) is 1.95. The average molecular weight is 375 g/mol. The Morgan fingerprint density at radius 2 is 2.12 bits per heavy atom. The first-order valence-corrected chi connectivity index (χ1v) is 9.80. The molecule has 0 saturated carbocycles. The van der Waals surface area contributed by atoms with E-state index in [0.717, 1.165) is 23.4 Å². The van der Waals surface area contributed by atoms with Crippen molar-refractivity contribution >= 4 is 33.6 Å². The number of benzene rings is 1. The second kappa shape index (κ2) is 8.03. The Morgan fingerprint density at radius 3 is 2.81 bits per heavy atom. The molecule has 0 unspecified atom stereocenters. The number of fused-ring (bicyclic) bond motifs is 1. The number of esters is 1. The van der Waals surface area contributed by atoms with Crippen molar-refractivity contribution in [1.82, 2.24) is 15.2 Å². The molecular weight excluding hydrogens is 350 g/mol. The van der Waals surface area contributed by atoms with E-state index in [4.69, 9.17) is 9.72 Å². The molecule has 140 valence electrons. The van der Waals surface area contributed by atoms with Crippen molar-refractivity contribution in [2.75, 3.05) is 20.2 Å². The number of thiazole rings is 1. The van der Waals surface area contributed by atoms with E-state index < -0.39 is 12.0 Å². The lowest BCUT2D eigenvalue weighted by atomic mass is 9.99. The fraction of sp³-hybridized carbons (Fsp3) is 0.526. The minimum Gasteiger partial charge on any atom is -0.467 e. The van der Waals surface area contributed by atoms with Crippen LogP contribution in [0.3, 0.4) is 0 Å². The van der Waals surface area contributed by atoms with Gasteiger partial charge in [0.2, 0.25) is 0 Å². The number of ether oxygens (including phenoxy) is 1. The molecule has 0 bridgehead atoms. The molecule has 2 atom stereocenters. The number of methoxy groups -OCH3 is 1. The van der Waals surface area contributed by atoms with E-state index in [1.54, 1.807) is 16.2 Å². The van der Waals surface area contributed by atoms with Gasteiger partial charge in [-0.25, -0.2) is 14.6 Å². The molecule has 0 aliphatic carbocycles. The molecular formula is C19H25N3O3S. The summed E-state index contributed by atoms with van der Waals surface area (Å²) in [5.74, 6) is -0.202. The summed E-state index contributed by atoms with van der Waals surface area (Å²) in [4.78, 5) is 31.1. The van der Waals surface area contributed by atoms with Crippen molar-refractivity contribution in [1.29, 1.82) is 0 Å². The van der Waals surface area contributed by atoms with Crippen molar-refractivity contribution in [2.24, 2.45) is 5.92 Å². The molecule has 0 spiro atoms. The Kier molecular flexibility index (Phi) is 5.76. The zero-order valence-electron chi connectivity index (χ0n) is 15.4. The number of hydrogen-bond acceptors (Lipinski definition) is 5. The van der Waals surface area contributed by atoms with Gasteiger partial charge in [-0.2, -0.15) is 0 Å². The first-order valence-electron chi connectivity index (χ1n) is 8.98. The van der Waals surface area contributed by atoms with Gasteiger partial charge in [0.05, 0.1) is 22.3 Å². The van der Waals surface area contributed by atoms with Gasteiger partial charge in [-0.3, -0.25) is 0 Å². The molecule has 1 aromatic carbocycles. The molecule has 2 heterocycles. The monoisotopic (exact) mass is 375 g/mol. The number of para-hydroxylation sites is 1. The van der Waals surface area contributed by atoms with E-state index in [9.17, 15) is 9.59 Å². The van der Waals surface area contributed by atoms with Crippen LogP contribution in [0.1, 0.15) is 37.6 Å². The number of amides is 2.